The molecule has 0 amide bonds. The lowest BCUT2D eigenvalue weighted by Gasteiger charge is -2.28. The van der Waals surface area contributed by atoms with Crippen molar-refractivity contribution in [2.24, 2.45) is 0 Å². The molecular weight excluding hydrogens is 316 g/mol. The zero-order valence-electron chi connectivity index (χ0n) is 12.2. The molecule has 2 rings (SSSR count). The maximum absolute atomic E-state index is 14.1. The van der Waals surface area contributed by atoms with Crippen LogP contribution in [0.2, 0.25) is 0 Å². The Morgan fingerprint density at radius 3 is 1.35 bits per heavy atom. The Bertz CT molecular complexity index is 742. The molecule has 0 aliphatic carbocycles. The Morgan fingerprint density at radius 1 is 0.739 bits per heavy atom. The highest BCUT2D eigenvalue weighted by atomic mass is 19.2. The van der Waals surface area contributed by atoms with Gasteiger partial charge in [-0.05, 0) is 12.1 Å². The van der Waals surface area contributed by atoms with E-state index in [2.05, 4.69) is 0 Å². The van der Waals surface area contributed by atoms with Crippen LogP contribution in [0.25, 0.3) is 0 Å². The summed E-state index contributed by atoms with van der Waals surface area (Å²) in [6.45, 7) is 2.57. The van der Waals surface area contributed by atoms with E-state index >= 15 is 0 Å². The summed E-state index contributed by atoms with van der Waals surface area (Å²) in [6.07, 6.45) is 0. The van der Waals surface area contributed by atoms with Gasteiger partial charge in [0.15, 0.2) is 23.1 Å². The minimum absolute atomic E-state index is 0.409. The molecule has 0 spiro atoms. The maximum atomic E-state index is 14.1. The molecule has 0 saturated heterocycles. The van der Waals surface area contributed by atoms with Gasteiger partial charge in [-0.2, -0.15) is 8.78 Å². The molecule has 0 unspecified atom stereocenters. The average Bonchev–Trinajstić information content (AvgIpc) is 2.49. The van der Waals surface area contributed by atoms with Crippen LogP contribution in [0.3, 0.4) is 0 Å². The quantitative estimate of drug-likeness (QED) is 0.387. The standard InChI is InChI=1S/C15H14F4N2O2/c1-15(2,5-3-7(20)13(22)11(18)9(5)16)6-4-8(21)14(23)12(19)10(6)17/h3-4,22-23H,20-21H2,1-2H3. The van der Waals surface area contributed by atoms with E-state index in [0.717, 1.165) is 12.1 Å². The molecule has 23 heavy (non-hydrogen) atoms. The van der Waals surface area contributed by atoms with E-state index in [0.29, 0.717) is 0 Å². The van der Waals surface area contributed by atoms with Crippen molar-refractivity contribution >= 4 is 11.4 Å². The molecule has 0 heterocycles. The molecule has 0 aliphatic rings. The third-order valence-electron chi connectivity index (χ3n) is 3.77. The lowest BCUT2D eigenvalue weighted by molar-refractivity contribution is 0.391. The van der Waals surface area contributed by atoms with Crippen LogP contribution in [-0.4, -0.2) is 10.2 Å². The van der Waals surface area contributed by atoms with Gasteiger partial charge in [0.1, 0.15) is 0 Å². The lowest BCUT2D eigenvalue weighted by atomic mass is 9.77. The summed E-state index contributed by atoms with van der Waals surface area (Å²) in [5.74, 6) is -8.24. The zero-order chi connectivity index (χ0) is 17.7. The largest absolute Gasteiger partial charge is 0.503 e. The Kier molecular flexibility index (Phi) is 3.80. The van der Waals surface area contributed by atoms with Crippen molar-refractivity contribution in [3.63, 3.8) is 0 Å². The molecule has 4 nitrogen and oxygen atoms in total. The average molecular weight is 330 g/mol. The van der Waals surface area contributed by atoms with Crippen LogP contribution in [0.4, 0.5) is 28.9 Å². The number of halogens is 4. The van der Waals surface area contributed by atoms with Crippen molar-refractivity contribution in [3.05, 3.63) is 46.5 Å². The third-order valence-corrected chi connectivity index (χ3v) is 3.77. The first-order valence-corrected chi connectivity index (χ1v) is 6.44. The van der Waals surface area contributed by atoms with Crippen LogP contribution in [0.5, 0.6) is 11.5 Å². The van der Waals surface area contributed by atoms with Crippen LogP contribution in [0, 0.1) is 23.3 Å². The normalized spacial score (nSPS) is 11.7. The van der Waals surface area contributed by atoms with Gasteiger partial charge in [0, 0.05) is 16.5 Å². The minimum atomic E-state index is -1.60. The predicted molar refractivity (Wildman–Crippen MR) is 77.0 cm³/mol. The summed E-state index contributed by atoms with van der Waals surface area (Å²) >= 11 is 0. The maximum Gasteiger partial charge on any atom is 0.202 e. The van der Waals surface area contributed by atoms with E-state index in [9.17, 15) is 27.8 Å². The van der Waals surface area contributed by atoms with E-state index in [1.807, 2.05) is 0 Å². The molecule has 0 fully saturated rings. The van der Waals surface area contributed by atoms with E-state index in [1.165, 1.54) is 13.8 Å². The second-order valence-electron chi connectivity index (χ2n) is 5.60. The highest BCUT2D eigenvalue weighted by Crippen LogP contribution is 2.42. The first-order valence-electron chi connectivity index (χ1n) is 6.44. The lowest BCUT2D eigenvalue weighted by Crippen LogP contribution is -2.24. The summed E-state index contributed by atoms with van der Waals surface area (Å²) in [4.78, 5) is 0. The summed E-state index contributed by atoms with van der Waals surface area (Å²) in [7, 11) is 0. The van der Waals surface area contributed by atoms with Crippen LogP contribution in [0.1, 0.15) is 25.0 Å². The van der Waals surface area contributed by atoms with Crippen molar-refractivity contribution in [3.8, 4) is 11.5 Å². The van der Waals surface area contributed by atoms with Crippen LogP contribution in [-0.2, 0) is 5.41 Å². The fraction of sp³-hybridized carbons (Fsp3) is 0.200. The highest BCUT2D eigenvalue weighted by molar-refractivity contribution is 5.60. The van der Waals surface area contributed by atoms with E-state index in [1.54, 1.807) is 0 Å². The fourth-order valence-electron chi connectivity index (χ4n) is 2.33. The van der Waals surface area contributed by atoms with Crippen LogP contribution >= 0.6 is 0 Å². The highest BCUT2D eigenvalue weighted by Gasteiger charge is 2.34. The Labute approximate surface area is 129 Å². The van der Waals surface area contributed by atoms with Crippen LogP contribution < -0.4 is 11.5 Å². The summed E-state index contributed by atoms with van der Waals surface area (Å²) in [6, 6.07) is 1.85. The molecule has 0 aliphatic heterocycles. The number of rotatable bonds is 2. The van der Waals surface area contributed by atoms with Gasteiger partial charge in [-0.15, -0.1) is 0 Å². The number of anilines is 2. The number of aromatic hydroxyl groups is 2. The van der Waals surface area contributed by atoms with E-state index < -0.39 is 62.7 Å². The number of nitrogen functional groups attached to an aromatic ring is 2. The predicted octanol–water partition coefficient (Wildman–Crippen LogP) is 3.14. The summed E-state index contributed by atoms with van der Waals surface area (Å²) in [5, 5.41) is 18.6. The first-order chi connectivity index (χ1) is 10.5. The van der Waals surface area contributed by atoms with E-state index in [-0.39, 0.29) is 0 Å². The third kappa shape index (κ3) is 2.39. The molecule has 6 N–H and O–H groups in total. The number of phenolic OH excluding ortho intramolecular Hbond substituents is 2. The fourth-order valence-corrected chi connectivity index (χ4v) is 2.33. The van der Waals surface area contributed by atoms with Crippen LogP contribution in [0.15, 0.2) is 12.1 Å². The molecule has 8 heteroatoms. The molecular formula is C15H14F4N2O2. The smallest absolute Gasteiger partial charge is 0.202 e. The Hall–Kier alpha value is -2.64. The molecule has 0 bridgehead atoms. The zero-order valence-corrected chi connectivity index (χ0v) is 12.2. The minimum Gasteiger partial charge on any atom is -0.503 e. The number of hydrogen-bond acceptors (Lipinski definition) is 4. The Morgan fingerprint density at radius 2 is 1.04 bits per heavy atom. The van der Waals surface area contributed by atoms with Crippen molar-refractivity contribution in [2.45, 2.75) is 19.3 Å². The second kappa shape index (κ2) is 5.22. The number of benzene rings is 2. The molecule has 2 aromatic carbocycles. The topological polar surface area (TPSA) is 92.5 Å². The molecule has 0 radical (unpaired) electrons. The van der Waals surface area contributed by atoms with Gasteiger partial charge in [-0.3, -0.25) is 0 Å². The molecule has 0 saturated carbocycles. The molecule has 0 aromatic heterocycles. The second-order valence-corrected chi connectivity index (χ2v) is 5.60. The molecule has 124 valence electrons. The van der Waals surface area contributed by atoms with Gasteiger partial charge in [0.25, 0.3) is 0 Å². The Balaban J connectivity index is 2.79. The van der Waals surface area contributed by atoms with Gasteiger partial charge in [0.05, 0.1) is 11.4 Å². The summed E-state index contributed by atoms with van der Waals surface area (Å²) < 4.78 is 55.7. The van der Waals surface area contributed by atoms with Gasteiger partial charge in [0.2, 0.25) is 11.6 Å². The van der Waals surface area contributed by atoms with E-state index in [4.69, 9.17) is 11.5 Å². The van der Waals surface area contributed by atoms with Crippen molar-refractivity contribution in [1.29, 1.82) is 0 Å². The first kappa shape index (κ1) is 16.7. The van der Waals surface area contributed by atoms with Gasteiger partial charge >= 0.3 is 0 Å². The summed E-state index contributed by atoms with van der Waals surface area (Å²) in [5.41, 5.74) is 7.46. The molecule has 2 aromatic rings. The number of phenols is 2. The van der Waals surface area contributed by atoms with Crippen molar-refractivity contribution < 1.29 is 27.8 Å². The molecule has 0 atom stereocenters. The SMILES string of the molecule is CC(C)(c1cc(N)c(O)c(F)c1F)c1cc(N)c(O)c(F)c1F. The van der Waals surface area contributed by atoms with Gasteiger partial charge in [-0.1, -0.05) is 13.8 Å². The monoisotopic (exact) mass is 330 g/mol. The van der Waals surface area contributed by atoms with Gasteiger partial charge < -0.3 is 21.7 Å². The van der Waals surface area contributed by atoms with Gasteiger partial charge in [-0.25, -0.2) is 8.78 Å². The number of hydrogen-bond donors (Lipinski definition) is 4. The number of nitrogens with two attached hydrogens (primary N) is 2. The van der Waals surface area contributed by atoms with Crippen molar-refractivity contribution in [2.75, 3.05) is 11.5 Å². The van der Waals surface area contributed by atoms with Crippen molar-refractivity contribution in [1.82, 2.24) is 0 Å².